The summed E-state index contributed by atoms with van der Waals surface area (Å²) in [5.41, 5.74) is 8.21. The number of hydrogen-bond acceptors (Lipinski definition) is 4. The summed E-state index contributed by atoms with van der Waals surface area (Å²) in [6.45, 7) is 4.68. The van der Waals surface area contributed by atoms with Gasteiger partial charge in [0.2, 0.25) is 0 Å². The first-order chi connectivity index (χ1) is 8.63. The maximum atomic E-state index is 12.1. The predicted octanol–water partition coefficient (Wildman–Crippen LogP) is 0.447. The number of anilines is 1. The van der Waals surface area contributed by atoms with Crippen molar-refractivity contribution in [1.82, 2.24) is 25.3 Å². The van der Waals surface area contributed by atoms with E-state index in [1.165, 1.54) is 0 Å². The van der Waals surface area contributed by atoms with E-state index in [-0.39, 0.29) is 5.91 Å². The molecule has 0 saturated carbocycles. The number of aryl methyl sites for hydroxylation is 2. The third-order valence-electron chi connectivity index (χ3n) is 2.69. The van der Waals surface area contributed by atoms with Crippen molar-refractivity contribution in [3.63, 3.8) is 0 Å². The Labute approximate surface area is 104 Å². The average molecular weight is 248 g/mol. The number of aromatic amines is 1. The van der Waals surface area contributed by atoms with Gasteiger partial charge in [0.05, 0.1) is 23.6 Å². The summed E-state index contributed by atoms with van der Waals surface area (Å²) in [4.78, 5) is 12.1. The second-order valence-electron chi connectivity index (χ2n) is 3.93. The Hall–Kier alpha value is -2.31. The minimum atomic E-state index is -0.232. The van der Waals surface area contributed by atoms with Crippen LogP contribution < -0.4 is 11.1 Å². The summed E-state index contributed by atoms with van der Waals surface area (Å²) in [6.07, 6.45) is 1.64. The van der Waals surface area contributed by atoms with Gasteiger partial charge in [-0.1, -0.05) is 0 Å². The maximum absolute atomic E-state index is 12.1. The quantitative estimate of drug-likeness (QED) is 0.731. The van der Waals surface area contributed by atoms with Crippen molar-refractivity contribution >= 4 is 11.6 Å². The van der Waals surface area contributed by atoms with Gasteiger partial charge >= 0.3 is 0 Å². The molecule has 7 nitrogen and oxygen atoms in total. The van der Waals surface area contributed by atoms with Gasteiger partial charge in [0, 0.05) is 12.7 Å². The number of nitrogens with two attached hydrogens (primary N) is 1. The molecular formula is C11H16N6O. The summed E-state index contributed by atoms with van der Waals surface area (Å²) in [5, 5.41) is 13.6. The molecule has 0 aliphatic carbocycles. The molecule has 0 atom stereocenters. The number of carbonyl (C=O) groups excluding carboxylic acids is 1. The molecule has 0 aliphatic rings. The summed E-state index contributed by atoms with van der Waals surface area (Å²) < 4.78 is 1.60. The second kappa shape index (κ2) is 4.91. The van der Waals surface area contributed by atoms with Crippen LogP contribution in [0.3, 0.4) is 0 Å². The van der Waals surface area contributed by atoms with Crippen LogP contribution in [0.2, 0.25) is 0 Å². The molecule has 2 rings (SSSR count). The Kier molecular flexibility index (Phi) is 3.31. The first-order valence-corrected chi connectivity index (χ1v) is 5.72. The zero-order chi connectivity index (χ0) is 13.1. The zero-order valence-corrected chi connectivity index (χ0v) is 10.4. The van der Waals surface area contributed by atoms with Crippen molar-refractivity contribution in [3.05, 3.63) is 29.3 Å². The van der Waals surface area contributed by atoms with Crippen LogP contribution in [0.5, 0.6) is 0 Å². The van der Waals surface area contributed by atoms with E-state index in [0.29, 0.717) is 30.2 Å². The molecule has 0 fully saturated rings. The van der Waals surface area contributed by atoms with Gasteiger partial charge in [0.15, 0.2) is 0 Å². The lowest BCUT2D eigenvalue weighted by Gasteiger charge is -2.06. The zero-order valence-electron chi connectivity index (χ0n) is 10.4. The van der Waals surface area contributed by atoms with Crippen molar-refractivity contribution in [2.45, 2.75) is 26.9 Å². The molecular weight excluding hydrogens is 232 g/mol. The first-order valence-electron chi connectivity index (χ1n) is 5.72. The van der Waals surface area contributed by atoms with E-state index in [4.69, 9.17) is 5.73 Å². The van der Waals surface area contributed by atoms with Crippen molar-refractivity contribution in [3.8, 4) is 0 Å². The van der Waals surface area contributed by atoms with E-state index in [2.05, 4.69) is 20.6 Å². The summed E-state index contributed by atoms with van der Waals surface area (Å²) in [5.74, 6) is -0.232. The lowest BCUT2D eigenvalue weighted by Crippen LogP contribution is -2.26. The maximum Gasteiger partial charge on any atom is 0.272 e. The molecule has 0 unspecified atom stereocenters. The SMILES string of the molecule is CCn1nc(C)c(N)c1C(=O)NCc1ccn[nH]1. The average Bonchev–Trinajstić information content (AvgIpc) is 2.96. The van der Waals surface area contributed by atoms with Crippen LogP contribution in [-0.4, -0.2) is 25.9 Å². The summed E-state index contributed by atoms with van der Waals surface area (Å²) in [7, 11) is 0. The predicted molar refractivity (Wildman–Crippen MR) is 66.8 cm³/mol. The molecule has 7 heteroatoms. The minimum absolute atomic E-state index is 0.232. The van der Waals surface area contributed by atoms with E-state index in [0.717, 1.165) is 5.69 Å². The van der Waals surface area contributed by atoms with E-state index >= 15 is 0 Å². The van der Waals surface area contributed by atoms with E-state index in [9.17, 15) is 4.79 Å². The van der Waals surface area contributed by atoms with Crippen LogP contribution in [0.4, 0.5) is 5.69 Å². The largest absolute Gasteiger partial charge is 0.395 e. The Morgan fingerprint density at radius 2 is 2.39 bits per heavy atom. The highest BCUT2D eigenvalue weighted by Crippen LogP contribution is 2.16. The van der Waals surface area contributed by atoms with Crippen molar-refractivity contribution in [2.24, 2.45) is 0 Å². The van der Waals surface area contributed by atoms with Gasteiger partial charge in [0.25, 0.3) is 5.91 Å². The molecule has 0 saturated heterocycles. The van der Waals surface area contributed by atoms with Gasteiger partial charge in [-0.15, -0.1) is 0 Å². The lowest BCUT2D eigenvalue weighted by molar-refractivity contribution is 0.0940. The lowest BCUT2D eigenvalue weighted by atomic mass is 10.3. The molecule has 96 valence electrons. The number of aromatic nitrogens is 4. The van der Waals surface area contributed by atoms with E-state index in [1.807, 2.05) is 6.92 Å². The topological polar surface area (TPSA) is 102 Å². The molecule has 2 heterocycles. The molecule has 0 radical (unpaired) electrons. The normalized spacial score (nSPS) is 10.6. The molecule has 0 spiro atoms. The number of rotatable bonds is 4. The third kappa shape index (κ3) is 2.20. The van der Waals surface area contributed by atoms with Crippen molar-refractivity contribution < 1.29 is 4.79 Å². The van der Waals surface area contributed by atoms with Crippen LogP contribution in [0, 0.1) is 6.92 Å². The molecule has 0 bridgehead atoms. The highest BCUT2D eigenvalue weighted by atomic mass is 16.2. The Morgan fingerprint density at radius 3 is 3.00 bits per heavy atom. The van der Waals surface area contributed by atoms with Gasteiger partial charge in [-0.2, -0.15) is 10.2 Å². The Balaban J connectivity index is 2.13. The first kappa shape index (κ1) is 12.2. The number of amides is 1. The fourth-order valence-electron chi connectivity index (χ4n) is 1.71. The highest BCUT2D eigenvalue weighted by Gasteiger charge is 2.18. The smallest absolute Gasteiger partial charge is 0.272 e. The second-order valence-corrected chi connectivity index (χ2v) is 3.93. The highest BCUT2D eigenvalue weighted by molar-refractivity contribution is 5.97. The summed E-state index contributed by atoms with van der Waals surface area (Å²) >= 11 is 0. The van der Waals surface area contributed by atoms with Crippen molar-refractivity contribution in [2.75, 3.05) is 5.73 Å². The molecule has 4 N–H and O–H groups in total. The van der Waals surface area contributed by atoms with Crippen LogP contribution in [-0.2, 0) is 13.1 Å². The number of hydrogen-bond donors (Lipinski definition) is 3. The van der Waals surface area contributed by atoms with Crippen LogP contribution in [0.1, 0.15) is 28.8 Å². The fourth-order valence-corrected chi connectivity index (χ4v) is 1.71. The number of nitrogen functional groups attached to an aromatic ring is 1. The van der Waals surface area contributed by atoms with Crippen LogP contribution >= 0.6 is 0 Å². The minimum Gasteiger partial charge on any atom is -0.395 e. The molecule has 2 aromatic rings. The molecule has 2 aromatic heterocycles. The van der Waals surface area contributed by atoms with Gasteiger partial charge in [-0.25, -0.2) is 0 Å². The van der Waals surface area contributed by atoms with E-state index < -0.39 is 0 Å². The van der Waals surface area contributed by atoms with Gasteiger partial charge in [-0.05, 0) is 19.9 Å². The standard InChI is InChI=1S/C11H16N6O/c1-3-17-10(9(12)7(2)16-17)11(18)13-6-8-4-5-14-15-8/h4-5H,3,6,12H2,1-2H3,(H,13,18)(H,14,15). The number of nitrogens with one attached hydrogen (secondary N) is 2. The number of H-pyrrole nitrogens is 1. The Bertz CT molecular complexity index is 542. The molecule has 18 heavy (non-hydrogen) atoms. The molecule has 0 aromatic carbocycles. The van der Waals surface area contributed by atoms with Gasteiger partial charge in [0.1, 0.15) is 5.69 Å². The van der Waals surface area contributed by atoms with Crippen LogP contribution in [0.25, 0.3) is 0 Å². The van der Waals surface area contributed by atoms with Crippen molar-refractivity contribution in [1.29, 1.82) is 0 Å². The van der Waals surface area contributed by atoms with Crippen LogP contribution in [0.15, 0.2) is 12.3 Å². The molecule has 1 amide bonds. The summed E-state index contributed by atoms with van der Waals surface area (Å²) in [6, 6.07) is 1.80. The van der Waals surface area contributed by atoms with Gasteiger partial charge in [-0.3, -0.25) is 14.6 Å². The number of nitrogens with zero attached hydrogens (tertiary/aromatic N) is 3. The fraction of sp³-hybridized carbons (Fsp3) is 0.364. The Morgan fingerprint density at radius 1 is 1.61 bits per heavy atom. The third-order valence-corrected chi connectivity index (χ3v) is 2.69. The number of carbonyl (C=O) groups is 1. The monoisotopic (exact) mass is 248 g/mol. The van der Waals surface area contributed by atoms with E-state index in [1.54, 1.807) is 23.9 Å². The van der Waals surface area contributed by atoms with Gasteiger partial charge < -0.3 is 11.1 Å². The molecule has 0 aliphatic heterocycles.